The summed E-state index contributed by atoms with van der Waals surface area (Å²) in [6.07, 6.45) is 0. The van der Waals surface area contributed by atoms with Crippen LogP contribution in [0.5, 0.6) is 0 Å². The summed E-state index contributed by atoms with van der Waals surface area (Å²) in [7, 11) is 0. The third kappa shape index (κ3) is 3.42. The monoisotopic (exact) mass is 366 g/mol. The first-order valence-electron chi connectivity index (χ1n) is 5.09. The molecule has 5 heteroatoms. The fraction of sp³-hybridized carbons (Fsp3) is 0.333. The Bertz CT molecular complexity index is 445. The van der Waals surface area contributed by atoms with Gasteiger partial charge in [-0.1, -0.05) is 6.07 Å². The van der Waals surface area contributed by atoms with Gasteiger partial charge >= 0.3 is 5.97 Å². The standard InChI is InChI=1S/C12H12ClIO3/c1-3-17-12(16)8-5-4-6-9(14)10(8)11(13)7(2)15/h4-6,11H,3H2,1-2H3. The van der Waals surface area contributed by atoms with Gasteiger partial charge in [-0.25, -0.2) is 4.79 Å². The molecule has 0 aliphatic heterocycles. The molecule has 0 saturated carbocycles. The number of esters is 1. The normalized spacial score (nSPS) is 12.0. The zero-order valence-electron chi connectivity index (χ0n) is 9.50. The Hall–Kier alpha value is -0.620. The van der Waals surface area contributed by atoms with Crippen LogP contribution in [-0.2, 0) is 9.53 Å². The second-order valence-electron chi connectivity index (χ2n) is 3.39. The van der Waals surface area contributed by atoms with Gasteiger partial charge in [-0.15, -0.1) is 11.6 Å². The lowest BCUT2D eigenvalue weighted by Crippen LogP contribution is -2.13. The number of alkyl halides is 1. The molecule has 0 fully saturated rings. The summed E-state index contributed by atoms with van der Waals surface area (Å²) in [6.45, 7) is 3.42. The number of hydrogen-bond acceptors (Lipinski definition) is 3. The lowest BCUT2D eigenvalue weighted by Gasteiger charge is -2.13. The zero-order chi connectivity index (χ0) is 13.0. The van der Waals surface area contributed by atoms with Gasteiger partial charge in [0.05, 0.1) is 12.2 Å². The van der Waals surface area contributed by atoms with Crippen LogP contribution in [0.4, 0.5) is 0 Å². The van der Waals surface area contributed by atoms with Crippen LogP contribution < -0.4 is 0 Å². The van der Waals surface area contributed by atoms with E-state index >= 15 is 0 Å². The number of carbonyl (C=O) groups is 2. The molecule has 0 heterocycles. The molecule has 0 aliphatic rings. The first-order chi connectivity index (χ1) is 7.99. The van der Waals surface area contributed by atoms with Crippen molar-refractivity contribution in [3.8, 4) is 0 Å². The van der Waals surface area contributed by atoms with E-state index in [2.05, 4.69) is 22.6 Å². The first kappa shape index (κ1) is 14.4. The second-order valence-corrected chi connectivity index (χ2v) is 4.99. The number of halogens is 2. The molecule has 0 spiro atoms. The van der Waals surface area contributed by atoms with Crippen molar-refractivity contribution in [1.29, 1.82) is 0 Å². The average Bonchev–Trinajstić information content (AvgIpc) is 2.28. The van der Waals surface area contributed by atoms with Gasteiger partial charge < -0.3 is 4.74 Å². The molecule has 17 heavy (non-hydrogen) atoms. The molecule has 92 valence electrons. The summed E-state index contributed by atoms with van der Waals surface area (Å²) in [4.78, 5) is 23.1. The molecule has 1 atom stereocenters. The Morgan fingerprint density at radius 3 is 2.65 bits per heavy atom. The highest BCUT2D eigenvalue weighted by molar-refractivity contribution is 14.1. The maximum absolute atomic E-state index is 11.7. The molecular formula is C12H12ClIO3. The van der Waals surface area contributed by atoms with Gasteiger partial charge in [0.25, 0.3) is 0 Å². The Kier molecular flexibility index (Phi) is 5.39. The molecule has 1 rings (SSSR count). The summed E-state index contributed by atoms with van der Waals surface area (Å²) in [5.41, 5.74) is 0.884. The highest BCUT2D eigenvalue weighted by atomic mass is 127. The number of rotatable bonds is 4. The number of benzene rings is 1. The topological polar surface area (TPSA) is 43.4 Å². The van der Waals surface area contributed by atoms with Gasteiger partial charge in [0, 0.05) is 9.13 Å². The van der Waals surface area contributed by atoms with Crippen molar-refractivity contribution in [3.05, 3.63) is 32.9 Å². The van der Waals surface area contributed by atoms with Crippen molar-refractivity contribution in [3.63, 3.8) is 0 Å². The Morgan fingerprint density at radius 1 is 1.47 bits per heavy atom. The minimum absolute atomic E-state index is 0.193. The van der Waals surface area contributed by atoms with E-state index in [1.807, 2.05) is 0 Å². The highest BCUT2D eigenvalue weighted by Crippen LogP contribution is 2.30. The highest BCUT2D eigenvalue weighted by Gasteiger charge is 2.23. The summed E-state index contributed by atoms with van der Waals surface area (Å²) < 4.78 is 5.72. The summed E-state index contributed by atoms with van der Waals surface area (Å²) in [5.74, 6) is -0.644. The summed E-state index contributed by atoms with van der Waals surface area (Å²) in [5, 5.41) is -0.817. The molecular weight excluding hydrogens is 354 g/mol. The number of ketones is 1. The third-order valence-electron chi connectivity index (χ3n) is 2.16. The van der Waals surface area contributed by atoms with Crippen molar-refractivity contribution >= 4 is 45.9 Å². The van der Waals surface area contributed by atoms with E-state index in [9.17, 15) is 9.59 Å². The number of ether oxygens (including phenoxy) is 1. The summed E-state index contributed by atoms with van der Waals surface area (Å²) in [6, 6.07) is 5.16. The molecule has 3 nitrogen and oxygen atoms in total. The van der Waals surface area contributed by atoms with Crippen molar-refractivity contribution in [2.45, 2.75) is 19.2 Å². The quantitative estimate of drug-likeness (QED) is 0.466. The van der Waals surface area contributed by atoms with Crippen LogP contribution in [0.2, 0.25) is 0 Å². The Balaban J connectivity index is 3.26. The van der Waals surface area contributed by atoms with Gasteiger partial charge in [-0.05, 0) is 48.6 Å². The molecule has 0 amide bonds. The largest absolute Gasteiger partial charge is 0.462 e. The van der Waals surface area contributed by atoms with E-state index in [0.717, 1.165) is 3.57 Å². The maximum Gasteiger partial charge on any atom is 0.338 e. The van der Waals surface area contributed by atoms with E-state index in [1.54, 1.807) is 25.1 Å². The predicted molar refractivity (Wildman–Crippen MR) is 74.4 cm³/mol. The number of Topliss-reactive ketones (excluding diaryl/α,β-unsaturated/α-hetero) is 1. The molecule has 0 aliphatic carbocycles. The van der Waals surface area contributed by atoms with E-state index in [4.69, 9.17) is 16.3 Å². The van der Waals surface area contributed by atoms with E-state index < -0.39 is 11.3 Å². The van der Waals surface area contributed by atoms with Gasteiger partial charge in [-0.2, -0.15) is 0 Å². The minimum atomic E-state index is -0.817. The molecule has 0 N–H and O–H groups in total. The third-order valence-corrected chi connectivity index (χ3v) is 3.62. The van der Waals surface area contributed by atoms with E-state index in [1.165, 1.54) is 6.92 Å². The van der Waals surface area contributed by atoms with Crippen LogP contribution in [0.1, 0.15) is 35.1 Å². The minimum Gasteiger partial charge on any atom is -0.462 e. The lowest BCUT2D eigenvalue weighted by atomic mass is 10.0. The fourth-order valence-electron chi connectivity index (χ4n) is 1.38. The first-order valence-corrected chi connectivity index (χ1v) is 6.60. The van der Waals surface area contributed by atoms with Crippen LogP contribution in [-0.4, -0.2) is 18.4 Å². The maximum atomic E-state index is 11.7. The van der Waals surface area contributed by atoms with E-state index in [0.29, 0.717) is 11.1 Å². The molecule has 1 unspecified atom stereocenters. The fourth-order valence-corrected chi connectivity index (χ4v) is 2.61. The zero-order valence-corrected chi connectivity index (χ0v) is 12.4. The number of hydrogen-bond donors (Lipinski definition) is 0. The van der Waals surface area contributed by atoms with Crippen molar-refractivity contribution in [1.82, 2.24) is 0 Å². The smallest absolute Gasteiger partial charge is 0.338 e. The van der Waals surface area contributed by atoms with Crippen molar-refractivity contribution in [2.75, 3.05) is 6.61 Å². The van der Waals surface area contributed by atoms with Gasteiger partial charge in [0.1, 0.15) is 5.38 Å². The molecule has 0 saturated heterocycles. The number of carbonyl (C=O) groups excluding carboxylic acids is 2. The summed E-state index contributed by atoms with van der Waals surface area (Å²) >= 11 is 8.09. The SMILES string of the molecule is CCOC(=O)c1cccc(I)c1C(Cl)C(C)=O. The van der Waals surface area contributed by atoms with Crippen molar-refractivity contribution < 1.29 is 14.3 Å². The molecule has 0 aromatic heterocycles. The van der Waals surface area contributed by atoms with Gasteiger partial charge in [0.2, 0.25) is 0 Å². The van der Waals surface area contributed by atoms with Crippen LogP contribution in [0.3, 0.4) is 0 Å². The van der Waals surface area contributed by atoms with E-state index in [-0.39, 0.29) is 12.4 Å². The Labute approximate surface area is 119 Å². The second kappa shape index (κ2) is 6.35. The van der Waals surface area contributed by atoms with Crippen LogP contribution in [0.15, 0.2) is 18.2 Å². The molecule has 1 aromatic carbocycles. The Morgan fingerprint density at radius 2 is 2.12 bits per heavy atom. The predicted octanol–water partition coefficient (Wildman–Crippen LogP) is 3.34. The molecule has 0 bridgehead atoms. The molecule has 1 aromatic rings. The van der Waals surface area contributed by atoms with Crippen LogP contribution in [0, 0.1) is 3.57 Å². The van der Waals surface area contributed by atoms with Crippen LogP contribution >= 0.6 is 34.2 Å². The van der Waals surface area contributed by atoms with Crippen LogP contribution in [0.25, 0.3) is 0 Å². The molecule has 0 radical (unpaired) electrons. The van der Waals surface area contributed by atoms with Gasteiger partial charge in [0.15, 0.2) is 5.78 Å². The average molecular weight is 367 g/mol. The van der Waals surface area contributed by atoms with Gasteiger partial charge in [-0.3, -0.25) is 4.79 Å². The van der Waals surface area contributed by atoms with Crippen molar-refractivity contribution in [2.24, 2.45) is 0 Å². The lowest BCUT2D eigenvalue weighted by molar-refractivity contribution is -0.116.